The lowest BCUT2D eigenvalue weighted by Gasteiger charge is -2.23. The molecule has 5 heteroatoms. The highest BCUT2D eigenvalue weighted by atomic mass is 79.9. The van der Waals surface area contributed by atoms with Gasteiger partial charge in [0.1, 0.15) is 6.26 Å². The lowest BCUT2D eigenvalue weighted by molar-refractivity contribution is 0.569. The van der Waals surface area contributed by atoms with Crippen LogP contribution in [0.4, 0.5) is 5.69 Å². The van der Waals surface area contributed by atoms with Crippen LogP contribution in [-0.4, -0.2) is 24.6 Å². The zero-order valence-electron chi connectivity index (χ0n) is 15.2. The van der Waals surface area contributed by atoms with E-state index in [2.05, 4.69) is 69.2 Å². The first-order chi connectivity index (χ1) is 12.7. The number of hydrogen-bond acceptors (Lipinski definition) is 4. The normalized spacial score (nSPS) is 10.9. The standard InChI is InChI=1S/C21H24BrN3O/c1-3-25(18-8-6-7-16(2)13-18)12-11-23-14-17-15-26-21(24-17)19-9-4-5-10-20(19)22/h4-10,13,15,23H,3,11-12,14H2,1-2H3. The molecule has 3 aromatic rings. The summed E-state index contributed by atoms with van der Waals surface area (Å²) in [7, 11) is 0. The number of nitrogens with one attached hydrogen (secondary N) is 1. The van der Waals surface area contributed by atoms with Crippen molar-refractivity contribution in [3.63, 3.8) is 0 Å². The van der Waals surface area contributed by atoms with E-state index in [-0.39, 0.29) is 0 Å². The molecule has 4 nitrogen and oxygen atoms in total. The molecular weight excluding hydrogens is 390 g/mol. The van der Waals surface area contributed by atoms with Crippen molar-refractivity contribution in [1.29, 1.82) is 0 Å². The number of anilines is 1. The first-order valence-corrected chi connectivity index (χ1v) is 9.68. The summed E-state index contributed by atoms with van der Waals surface area (Å²) >= 11 is 3.54. The maximum atomic E-state index is 5.62. The van der Waals surface area contributed by atoms with Crippen molar-refractivity contribution in [3.05, 3.63) is 70.5 Å². The van der Waals surface area contributed by atoms with Crippen molar-refractivity contribution < 1.29 is 4.42 Å². The second-order valence-corrected chi connectivity index (χ2v) is 7.07. The quantitative estimate of drug-likeness (QED) is 0.525. The van der Waals surface area contributed by atoms with E-state index in [0.717, 1.165) is 35.4 Å². The number of aryl methyl sites for hydroxylation is 1. The molecule has 0 amide bonds. The predicted molar refractivity (Wildman–Crippen MR) is 110 cm³/mol. The highest BCUT2D eigenvalue weighted by Gasteiger charge is 2.10. The summed E-state index contributed by atoms with van der Waals surface area (Å²) in [6.07, 6.45) is 1.72. The molecule has 1 aromatic heterocycles. The summed E-state index contributed by atoms with van der Waals surface area (Å²) in [5.41, 5.74) is 4.44. The molecule has 0 saturated carbocycles. The van der Waals surface area contributed by atoms with Gasteiger partial charge in [-0.05, 0) is 59.6 Å². The molecule has 136 valence electrons. The predicted octanol–water partition coefficient (Wildman–Crippen LogP) is 5.03. The van der Waals surface area contributed by atoms with E-state index in [4.69, 9.17) is 4.42 Å². The molecular formula is C21H24BrN3O. The fraction of sp³-hybridized carbons (Fsp3) is 0.286. The number of hydrogen-bond donors (Lipinski definition) is 1. The highest BCUT2D eigenvalue weighted by molar-refractivity contribution is 9.10. The van der Waals surface area contributed by atoms with E-state index in [0.29, 0.717) is 12.4 Å². The van der Waals surface area contributed by atoms with Gasteiger partial charge in [-0.3, -0.25) is 0 Å². The Labute approximate surface area is 163 Å². The summed E-state index contributed by atoms with van der Waals surface area (Å²) in [4.78, 5) is 6.95. The molecule has 2 aromatic carbocycles. The van der Waals surface area contributed by atoms with Gasteiger partial charge >= 0.3 is 0 Å². The van der Waals surface area contributed by atoms with Crippen molar-refractivity contribution in [2.45, 2.75) is 20.4 Å². The minimum atomic E-state index is 0.643. The van der Waals surface area contributed by atoms with Crippen LogP contribution in [0.3, 0.4) is 0 Å². The minimum Gasteiger partial charge on any atom is -0.444 e. The Kier molecular flexibility index (Phi) is 6.47. The average molecular weight is 414 g/mol. The van der Waals surface area contributed by atoms with Gasteiger partial charge in [0.15, 0.2) is 0 Å². The number of aromatic nitrogens is 1. The van der Waals surface area contributed by atoms with Gasteiger partial charge in [-0.2, -0.15) is 0 Å². The van der Waals surface area contributed by atoms with Crippen molar-refractivity contribution in [2.24, 2.45) is 0 Å². The van der Waals surface area contributed by atoms with Gasteiger partial charge in [0.25, 0.3) is 0 Å². The van der Waals surface area contributed by atoms with Crippen LogP contribution in [0.1, 0.15) is 18.2 Å². The van der Waals surface area contributed by atoms with Crippen molar-refractivity contribution >= 4 is 21.6 Å². The third-order valence-corrected chi connectivity index (χ3v) is 4.96. The topological polar surface area (TPSA) is 41.3 Å². The average Bonchev–Trinajstić information content (AvgIpc) is 3.11. The third kappa shape index (κ3) is 4.74. The minimum absolute atomic E-state index is 0.643. The molecule has 0 aliphatic rings. The van der Waals surface area contributed by atoms with E-state index in [1.807, 2.05) is 24.3 Å². The smallest absolute Gasteiger partial charge is 0.227 e. The zero-order chi connectivity index (χ0) is 18.4. The van der Waals surface area contributed by atoms with Crippen LogP contribution >= 0.6 is 15.9 Å². The summed E-state index contributed by atoms with van der Waals surface area (Å²) in [6, 6.07) is 16.6. The summed E-state index contributed by atoms with van der Waals surface area (Å²) in [5, 5.41) is 3.45. The SMILES string of the molecule is CCN(CCNCc1coc(-c2ccccc2Br)n1)c1cccc(C)c1. The summed E-state index contributed by atoms with van der Waals surface area (Å²) in [6.45, 7) is 7.83. The first kappa shape index (κ1) is 18.7. The maximum absolute atomic E-state index is 5.62. The van der Waals surface area contributed by atoms with Crippen molar-refractivity contribution in [1.82, 2.24) is 10.3 Å². The molecule has 0 unspecified atom stereocenters. The lowest BCUT2D eigenvalue weighted by Crippen LogP contribution is -2.31. The number of nitrogens with zero attached hydrogens (tertiary/aromatic N) is 2. The summed E-state index contributed by atoms with van der Waals surface area (Å²) < 4.78 is 6.61. The van der Waals surface area contributed by atoms with E-state index in [1.165, 1.54) is 11.3 Å². The molecule has 0 fully saturated rings. The van der Waals surface area contributed by atoms with Crippen LogP contribution in [0, 0.1) is 6.92 Å². The second-order valence-electron chi connectivity index (χ2n) is 6.22. The molecule has 26 heavy (non-hydrogen) atoms. The van der Waals surface area contributed by atoms with Gasteiger partial charge < -0.3 is 14.6 Å². The Morgan fingerprint density at radius 2 is 2.00 bits per heavy atom. The van der Waals surface area contributed by atoms with Gasteiger partial charge in [0.2, 0.25) is 5.89 Å². The van der Waals surface area contributed by atoms with E-state index >= 15 is 0 Å². The van der Waals surface area contributed by atoms with Crippen molar-refractivity contribution in [3.8, 4) is 11.5 Å². The van der Waals surface area contributed by atoms with Gasteiger partial charge in [0, 0.05) is 36.3 Å². The monoisotopic (exact) mass is 413 g/mol. The molecule has 0 radical (unpaired) electrons. The number of rotatable bonds is 8. The first-order valence-electron chi connectivity index (χ1n) is 8.89. The molecule has 3 rings (SSSR count). The Morgan fingerprint density at radius 1 is 1.15 bits per heavy atom. The number of benzene rings is 2. The molecule has 1 N–H and O–H groups in total. The van der Waals surface area contributed by atoms with Gasteiger partial charge in [-0.15, -0.1) is 0 Å². The summed E-state index contributed by atoms with van der Waals surface area (Å²) in [5.74, 6) is 0.643. The molecule has 0 bridgehead atoms. The highest BCUT2D eigenvalue weighted by Crippen LogP contribution is 2.27. The van der Waals surface area contributed by atoms with Crippen LogP contribution in [0.5, 0.6) is 0 Å². The van der Waals surface area contributed by atoms with Crippen LogP contribution in [0.15, 0.2) is 63.7 Å². The molecule has 0 spiro atoms. The number of oxazole rings is 1. The number of halogens is 1. The van der Waals surface area contributed by atoms with Gasteiger partial charge in [-0.25, -0.2) is 4.98 Å². The second kappa shape index (κ2) is 9.01. The van der Waals surface area contributed by atoms with E-state index in [9.17, 15) is 0 Å². The Hall–Kier alpha value is -2.11. The fourth-order valence-corrected chi connectivity index (χ4v) is 3.33. The lowest BCUT2D eigenvalue weighted by atomic mass is 10.2. The van der Waals surface area contributed by atoms with Gasteiger partial charge in [0.05, 0.1) is 11.3 Å². The molecule has 1 heterocycles. The van der Waals surface area contributed by atoms with Crippen LogP contribution in [-0.2, 0) is 6.54 Å². The maximum Gasteiger partial charge on any atom is 0.227 e. The molecule has 0 saturated heterocycles. The number of likely N-dealkylation sites (N-methyl/N-ethyl adjacent to an activating group) is 1. The van der Waals surface area contributed by atoms with Crippen LogP contribution < -0.4 is 10.2 Å². The molecule has 0 aliphatic heterocycles. The van der Waals surface area contributed by atoms with Crippen LogP contribution in [0.25, 0.3) is 11.5 Å². The Bertz CT molecular complexity index is 847. The Morgan fingerprint density at radius 3 is 2.77 bits per heavy atom. The van der Waals surface area contributed by atoms with Crippen LogP contribution in [0.2, 0.25) is 0 Å². The largest absolute Gasteiger partial charge is 0.444 e. The van der Waals surface area contributed by atoms with Crippen molar-refractivity contribution in [2.75, 3.05) is 24.5 Å². The molecule has 0 atom stereocenters. The van der Waals surface area contributed by atoms with Gasteiger partial charge in [-0.1, -0.05) is 24.3 Å². The Balaban J connectivity index is 1.52. The van der Waals surface area contributed by atoms with E-state index in [1.54, 1.807) is 6.26 Å². The fourth-order valence-electron chi connectivity index (χ4n) is 2.87. The molecule has 0 aliphatic carbocycles. The zero-order valence-corrected chi connectivity index (χ0v) is 16.8. The third-order valence-electron chi connectivity index (χ3n) is 4.27. The van der Waals surface area contributed by atoms with E-state index < -0.39 is 0 Å².